The molecule has 0 fully saturated rings. The zero-order valence-corrected chi connectivity index (χ0v) is 13.4. The van der Waals surface area contributed by atoms with Crippen LogP contribution in [0.15, 0.2) is 30.5 Å². The molecule has 0 amide bonds. The standard InChI is InChI=1S/C14H14Cl3N3/c1-20(2)14-12(4-3-7-18-14)19-8-9-10(15)5-6-11(16)13(9)17/h3-7,19H,8H2,1-2H3. The van der Waals surface area contributed by atoms with Gasteiger partial charge >= 0.3 is 0 Å². The van der Waals surface area contributed by atoms with E-state index < -0.39 is 0 Å². The molecule has 0 aliphatic heterocycles. The number of nitrogens with one attached hydrogen (secondary N) is 1. The molecule has 2 rings (SSSR count). The fraction of sp³-hybridized carbons (Fsp3) is 0.214. The smallest absolute Gasteiger partial charge is 0.151 e. The third kappa shape index (κ3) is 3.29. The van der Waals surface area contributed by atoms with Gasteiger partial charge in [0.25, 0.3) is 0 Å². The first-order valence-electron chi connectivity index (χ1n) is 5.99. The maximum Gasteiger partial charge on any atom is 0.151 e. The van der Waals surface area contributed by atoms with Gasteiger partial charge in [0.1, 0.15) is 0 Å². The van der Waals surface area contributed by atoms with Gasteiger partial charge in [0, 0.05) is 37.4 Å². The van der Waals surface area contributed by atoms with Crippen molar-refractivity contribution in [3.63, 3.8) is 0 Å². The van der Waals surface area contributed by atoms with E-state index >= 15 is 0 Å². The van der Waals surface area contributed by atoms with Gasteiger partial charge in [-0.2, -0.15) is 0 Å². The Balaban J connectivity index is 2.24. The van der Waals surface area contributed by atoms with E-state index in [-0.39, 0.29) is 0 Å². The molecule has 20 heavy (non-hydrogen) atoms. The van der Waals surface area contributed by atoms with Crippen molar-refractivity contribution in [2.75, 3.05) is 24.3 Å². The topological polar surface area (TPSA) is 28.2 Å². The summed E-state index contributed by atoms with van der Waals surface area (Å²) in [4.78, 5) is 6.26. The maximum absolute atomic E-state index is 6.18. The van der Waals surface area contributed by atoms with Gasteiger partial charge in [-0.15, -0.1) is 0 Å². The Hall–Kier alpha value is -1.16. The molecular formula is C14H14Cl3N3. The Morgan fingerprint density at radius 3 is 2.50 bits per heavy atom. The second kappa shape index (κ2) is 6.53. The summed E-state index contributed by atoms with van der Waals surface area (Å²) >= 11 is 18.4. The highest BCUT2D eigenvalue weighted by Crippen LogP contribution is 2.32. The molecule has 1 aromatic heterocycles. The fourth-order valence-corrected chi connectivity index (χ4v) is 2.49. The van der Waals surface area contributed by atoms with Gasteiger partial charge in [-0.05, 0) is 24.3 Å². The lowest BCUT2D eigenvalue weighted by Crippen LogP contribution is -2.14. The molecule has 1 heterocycles. The maximum atomic E-state index is 6.18. The molecule has 106 valence electrons. The van der Waals surface area contributed by atoms with E-state index in [2.05, 4.69) is 10.3 Å². The summed E-state index contributed by atoms with van der Waals surface area (Å²) < 4.78 is 0. The molecule has 6 heteroatoms. The predicted molar refractivity (Wildman–Crippen MR) is 87.4 cm³/mol. The summed E-state index contributed by atoms with van der Waals surface area (Å²) in [6, 6.07) is 7.25. The Morgan fingerprint density at radius 2 is 1.80 bits per heavy atom. The Morgan fingerprint density at radius 1 is 1.10 bits per heavy atom. The molecule has 0 radical (unpaired) electrons. The molecular weight excluding hydrogens is 317 g/mol. The van der Waals surface area contributed by atoms with Crippen LogP contribution in [0.2, 0.25) is 15.1 Å². The molecule has 0 unspecified atom stereocenters. The van der Waals surface area contributed by atoms with Crippen molar-refractivity contribution in [1.29, 1.82) is 0 Å². The van der Waals surface area contributed by atoms with E-state index in [1.165, 1.54) is 0 Å². The van der Waals surface area contributed by atoms with Gasteiger partial charge in [0.2, 0.25) is 0 Å². The lowest BCUT2D eigenvalue weighted by Gasteiger charge is -2.17. The van der Waals surface area contributed by atoms with Crippen LogP contribution in [0.3, 0.4) is 0 Å². The highest BCUT2D eigenvalue weighted by atomic mass is 35.5. The number of aromatic nitrogens is 1. The van der Waals surface area contributed by atoms with E-state index in [0.29, 0.717) is 21.6 Å². The SMILES string of the molecule is CN(C)c1ncccc1NCc1c(Cl)ccc(Cl)c1Cl. The van der Waals surface area contributed by atoms with Crippen LogP contribution < -0.4 is 10.2 Å². The zero-order chi connectivity index (χ0) is 14.7. The van der Waals surface area contributed by atoms with Crippen molar-refractivity contribution < 1.29 is 0 Å². The number of pyridine rings is 1. The predicted octanol–water partition coefficient (Wildman–Crippen LogP) is 4.72. The highest BCUT2D eigenvalue weighted by Gasteiger charge is 2.11. The van der Waals surface area contributed by atoms with E-state index in [0.717, 1.165) is 17.1 Å². The molecule has 1 N–H and O–H groups in total. The van der Waals surface area contributed by atoms with Gasteiger partial charge in [-0.1, -0.05) is 34.8 Å². The van der Waals surface area contributed by atoms with E-state index in [1.807, 2.05) is 31.1 Å². The summed E-state index contributed by atoms with van der Waals surface area (Å²) in [7, 11) is 3.87. The number of rotatable bonds is 4. The minimum absolute atomic E-state index is 0.474. The van der Waals surface area contributed by atoms with E-state index in [4.69, 9.17) is 34.8 Å². The van der Waals surface area contributed by atoms with E-state index in [1.54, 1.807) is 18.3 Å². The van der Waals surface area contributed by atoms with Crippen LogP contribution in [0.5, 0.6) is 0 Å². The molecule has 0 bridgehead atoms. The molecule has 0 saturated carbocycles. The largest absolute Gasteiger partial charge is 0.378 e. The van der Waals surface area contributed by atoms with Crippen LogP contribution in [0, 0.1) is 0 Å². The van der Waals surface area contributed by atoms with Crippen molar-refractivity contribution in [3.05, 3.63) is 51.1 Å². The normalized spacial score (nSPS) is 10.4. The average molecular weight is 331 g/mol. The summed E-state index contributed by atoms with van der Waals surface area (Å²) in [5.41, 5.74) is 1.68. The minimum Gasteiger partial charge on any atom is -0.378 e. The number of halogens is 3. The highest BCUT2D eigenvalue weighted by molar-refractivity contribution is 6.44. The summed E-state index contributed by atoms with van der Waals surface area (Å²) in [5.74, 6) is 0.849. The lowest BCUT2D eigenvalue weighted by atomic mass is 10.2. The molecule has 0 aliphatic carbocycles. The number of nitrogens with zero attached hydrogens (tertiary/aromatic N) is 2. The third-order valence-electron chi connectivity index (χ3n) is 2.80. The second-order valence-electron chi connectivity index (χ2n) is 4.44. The van der Waals surface area contributed by atoms with Gasteiger partial charge in [-0.25, -0.2) is 4.98 Å². The van der Waals surface area contributed by atoms with Gasteiger partial charge < -0.3 is 10.2 Å². The van der Waals surface area contributed by atoms with Crippen molar-refractivity contribution in [1.82, 2.24) is 4.98 Å². The molecule has 0 aliphatic rings. The number of anilines is 2. The summed E-state index contributed by atoms with van der Waals surface area (Å²) in [5, 5.41) is 4.84. The lowest BCUT2D eigenvalue weighted by molar-refractivity contribution is 1.05. The molecule has 0 atom stereocenters. The minimum atomic E-state index is 0.474. The molecule has 2 aromatic rings. The molecule has 3 nitrogen and oxygen atoms in total. The van der Waals surface area contributed by atoms with Crippen LogP contribution in [0.1, 0.15) is 5.56 Å². The van der Waals surface area contributed by atoms with E-state index in [9.17, 15) is 0 Å². The van der Waals surface area contributed by atoms with Gasteiger partial charge in [-0.3, -0.25) is 0 Å². The van der Waals surface area contributed by atoms with Crippen LogP contribution in [0.25, 0.3) is 0 Å². The van der Waals surface area contributed by atoms with Crippen molar-refractivity contribution in [2.45, 2.75) is 6.54 Å². The Bertz CT molecular complexity index is 615. The van der Waals surface area contributed by atoms with Gasteiger partial charge in [0.05, 0.1) is 15.7 Å². The van der Waals surface area contributed by atoms with Crippen LogP contribution in [-0.4, -0.2) is 19.1 Å². The first kappa shape index (κ1) is 15.2. The van der Waals surface area contributed by atoms with Crippen LogP contribution >= 0.6 is 34.8 Å². The van der Waals surface area contributed by atoms with Crippen molar-refractivity contribution in [2.24, 2.45) is 0 Å². The molecule has 0 spiro atoms. The zero-order valence-electron chi connectivity index (χ0n) is 11.1. The first-order valence-corrected chi connectivity index (χ1v) is 7.12. The summed E-state index contributed by atoms with van der Waals surface area (Å²) in [6.07, 6.45) is 1.75. The monoisotopic (exact) mass is 329 g/mol. The molecule has 0 saturated heterocycles. The quantitative estimate of drug-likeness (QED) is 0.822. The van der Waals surface area contributed by atoms with Crippen LogP contribution in [-0.2, 0) is 6.54 Å². The first-order chi connectivity index (χ1) is 9.50. The second-order valence-corrected chi connectivity index (χ2v) is 5.64. The van der Waals surface area contributed by atoms with Crippen LogP contribution in [0.4, 0.5) is 11.5 Å². The summed E-state index contributed by atoms with van der Waals surface area (Å²) in [6.45, 7) is 0.477. The fourth-order valence-electron chi connectivity index (χ4n) is 1.81. The average Bonchev–Trinajstić information content (AvgIpc) is 2.43. The number of hydrogen-bond donors (Lipinski definition) is 1. The Labute approximate surface area is 133 Å². The van der Waals surface area contributed by atoms with Crippen molar-refractivity contribution >= 4 is 46.3 Å². The number of benzene rings is 1. The van der Waals surface area contributed by atoms with Gasteiger partial charge in [0.15, 0.2) is 5.82 Å². The van der Waals surface area contributed by atoms with Crippen molar-refractivity contribution in [3.8, 4) is 0 Å². The third-order valence-corrected chi connectivity index (χ3v) is 4.00. The Kier molecular flexibility index (Phi) is 4.97. The molecule has 1 aromatic carbocycles. The number of hydrogen-bond acceptors (Lipinski definition) is 3.